The highest BCUT2D eigenvalue weighted by molar-refractivity contribution is 5.60. The van der Waals surface area contributed by atoms with Gasteiger partial charge in [-0.3, -0.25) is 0 Å². The van der Waals surface area contributed by atoms with Crippen molar-refractivity contribution >= 4 is 0 Å². The first-order valence-corrected chi connectivity index (χ1v) is 7.74. The van der Waals surface area contributed by atoms with E-state index in [-0.39, 0.29) is 0 Å². The molecule has 1 heterocycles. The summed E-state index contributed by atoms with van der Waals surface area (Å²) in [4.78, 5) is 9.45. The summed E-state index contributed by atoms with van der Waals surface area (Å²) in [5, 5.41) is 3.44. The van der Waals surface area contributed by atoms with Crippen LogP contribution in [0.4, 0.5) is 0 Å². The van der Waals surface area contributed by atoms with Gasteiger partial charge in [-0.25, -0.2) is 9.97 Å². The Hall–Kier alpha value is -1.74. The van der Waals surface area contributed by atoms with Crippen molar-refractivity contribution in [2.45, 2.75) is 40.5 Å². The highest BCUT2D eigenvalue weighted by atomic mass is 14.9. The molecule has 3 nitrogen and oxygen atoms in total. The third-order valence-corrected chi connectivity index (χ3v) is 3.79. The van der Waals surface area contributed by atoms with Crippen molar-refractivity contribution in [3.8, 4) is 11.4 Å². The van der Waals surface area contributed by atoms with Crippen LogP contribution in [0.2, 0.25) is 0 Å². The molecule has 2 rings (SSSR count). The normalized spacial score (nSPS) is 10.9. The second-order valence-corrected chi connectivity index (χ2v) is 5.51. The van der Waals surface area contributed by atoms with Crippen molar-refractivity contribution in [1.82, 2.24) is 15.3 Å². The molecule has 3 heteroatoms. The minimum absolute atomic E-state index is 0.841. The molecule has 0 saturated carbocycles. The fourth-order valence-corrected chi connectivity index (χ4v) is 2.56. The zero-order valence-electron chi connectivity index (χ0n) is 13.5. The van der Waals surface area contributed by atoms with Crippen molar-refractivity contribution in [3.05, 3.63) is 46.8 Å². The van der Waals surface area contributed by atoms with Gasteiger partial charge in [0.15, 0.2) is 5.82 Å². The number of hydrogen-bond acceptors (Lipinski definition) is 3. The van der Waals surface area contributed by atoms with E-state index in [9.17, 15) is 0 Å². The van der Waals surface area contributed by atoms with Crippen LogP contribution in [-0.4, -0.2) is 23.1 Å². The van der Waals surface area contributed by atoms with Gasteiger partial charge in [0.25, 0.3) is 0 Å². The lowest BCUT2D eigenvalue weighted by molar-refractivity contribution is 0.666. The number of aryl methyl sites for hydroxylation is 3. The Labute approximate surface area is 127 Å². The summed E-state index contributed by atoms with van der Waals surface area (Å²) in [5.74, 6) is 0.841. The Kier molecular flexibility index (Phi) is 5.45. The van der Waals surface area contributed by atoms with Gasteiger partial charge in [0.1, 0.15) is 0 Å². The molecule has 21 heavy (non-hydrogen) atoms. The molecule has 0 fully saturated rings. The Morgan fingerprint density at radius 1 is 0.952 bits per heavy atom. The molecule has 1 aromatic heterocycles. The smallest absolute Gasteiger partial charge is 0.159 e. The summed E-state index contributed by atoms with van der Waals surface area (Å²) in [6.45, 7) is 10.5. The molecule has 0 radical (unpaired) electrons. The number of benzene rings is 1. The summed E-state index contributed by atoms with van der Waals surface area (Å²) in [6.07, 6.45) is 2.16. The van der Waals surface area contributed by atoms with Crippen LogP contribution in [0, 0.1) is 20.8 Å². The molecular formula is C18H25N3. The van der Waals surface area contributed by atoms with Crippen LogP contribution in [0.3, 0.4) is 0 Å². The molecule has 1 N–H and O–H groups in total. The number of nitrogens with zero attached hydrogens (tertiary/aromatic N) is 2. The third-order valence-electron chi connectivity index (χ3n) is 3.79. The Morgan fingerprint density at radius 3 is 2.24 bits per heavy atom. The topological polar surface area (TPSA) is 37.8 Å². The number of rotatable bonds is 6. The molecule has 112 valence electrons. The van der Waals surface area contributed by atoms with Gasteiger partial charge in [-0.1, -0.05) is 31.2 Å². The van der Waals surface area contributed by atoms with Gasteiger partial charge >= 0.3 is 0 Å². The summed E-state index contributed by atoms with van der Waals surface area (Å²) in [5.41, 5.74) is 5.81. The minimum Gasteiger partial charge on any atom is -0.316 e. The van der Waals surface area contributed by atoms with Gasteiger partial charge in [0, 0.05) is 17.0 Å². The van der Waals surface area contributed by atoms with Gasteiger partial charge in [-0.15, -0.1) is 0 Å². The molecule has 0 saturated heterocycles. The van der Waals surface area contributed by atoms with E-state index >= 15 is 0 Å². The predicted molar refractivity (Wildman–Crippen MR) is 88.5 cm³/mol. The SMILES string of the molecule is CCCNCCc1c(C)nc(-c2ccccc2C)nc1C. The minimum atomic E-state index is 0.841. The van der Waals surface area contributed by atoms with Crippen LogP contribution in [0.15, 0.2) is 24.3 Å². The standard InChI is InChI=1S/C18H25N3/c1-5-11-19-12-10-17-14(3)20-18(21-15(17)4)16-9-7-6-8-13(16)2/h6-9,19H,5,10-12H2,1-4H3. The van der Waals surface area contributed by atoms with Gasteiger partial charge in [-0.2, -0.15) is 0 Å². The van der Waals surface area contributed by atoms with E-state index in [0.29, 0.717) is 0 Å². The van der Waals surface area contributed by atoms with E-state index in [1.807, 2.05) is 12.1 Å². The van der Waals surface area contributed by atoms with E-state index in [1.54, 1.807) is 0 Å². The van der Waals surface area contributed by atoms with Crippen molar-refractivity contribution in [2.75, 3.05) is 13.1 Å². The lowest BCUT2D eigenvalue weighted by atomic mass is 10.1. The monoisotopic (exact) mass is 283 g/mol. The first kappa shape index (κ1) is 15.6. The van der Waals surface area contributed by atoms with Crippen LogP contribution in [0.25, 0.3) is 11.4 Å². The number of aromatic nitrogens is 2. The maximum atomic E-state index is 4.73. The molecule has 0 atom stereocenters. The van der Waals surface area contributed by atoms with Gasteiger partial charge in [0.2, 0.25) is 0 Å². The molecule has 0 aliphatic carbocycles. The molecular weight excluding hydrogens is 258 g/mol. The molecule has 0 aliphatic rings. The van der Waals surface area contributed by atoms with Gasteiger partial charge in [-0.05, 0) is 57.8 Å². The predicted octanol–water partition coefficient (Wildman–Crippen LogP) is 3.61. The Balaban J connectivity index is 2.23. The van der Waals surface area contributed by atoms with E-state index in [2.05, 4.69) is 45.1 Å². The van der Waals surface area contributed by atoms with Crippen LogP contribution < -0.4 is 5.32 Å². The van der Waals surface area contributed by atoms with Crippen molar-refractivity contribution in [2.24, 2.45) is 0 Å². The lowest BCUT2D eigenvalue weighted by Gasteiger charge is -2.12. The van der Waals surface area contributed by atoms with E-state index in [4.69, 9.17) is 9.97 Å². The maximum absolute atomic E-state index is 4.73. The summed E-state index contributed by atoms with van der Waals surface area (Å²) >= 11 is 0. The first-order valence-electron chi connectivity index (χ1n) is 7.74. The second-order valence-electron chi connectivity index (χ2n) is 5.51. The zero-order valence-corrected chi connectivity index (χ0v) is 13.5. The van der Waals surface area contributed by atoms with E-state index in [1.165, 1.54) is 17.5 Å². The summed E-state index contributed by atoms with van der Waals surface area (Å²) in [7, 11) is 0. The molecule has 0 bridgehead atoms. The second kappa shape index (κ2) is 7.32. The Bertz CT molecular complexity index is 582. The zero-order chi connectivity index (χ0) is 15.2. The maximum Gasteiger partial charge on any atom is 0.159 e. The van der Waals surface area contributed by atoms with Gasteiger partial charge < -0.3 is 5.32 Å². The van der Waals surface area contributed by atoms with Crippen molar-refractivity contribution in [3.63, 3.8) is 0 Å². The van der Waals surface area contributed by atoms with E-state index in [0.717, 1.165) is 42.3 Å². The van der Waals surface area contributed by atoms with Crippen molar-refractivity contribution < 1.29 is 0 Å². The average Bonchev–Trinajstić information content (AvgIpc) is 2.46. The highest BCUT2D eigenvalue weighted by Gasteiger charge is 2.11. The lowest BCUT2D eigenvalue weighted by Crippen LogP contribution is -2.19. The quantitative estimate of drug-likeness (QED) is 0.823. The molecule has 1 aromatic carbocycles. The summed E-state index contributed by atoms with van der Waals surface area (Å²) < 4.78 is 0. The van der Waals surface area contributed by atoms with Crippen molar-refractivity contribution in [1.29, 1.82) is 0 Å². The number of hydrogen-bond donors (Lipinski definition) is 1. The highest BCUT2D eigenvalue weighted by Crippen LogP contribution is 2.22. The fraction of sp³-hybridized carbons (Fsp3) is 0.444. The largest absolute Gasteiger partial charge is 0.316 e. The first-order chi connectivity index (χ1) is 10.1. The molecule has 0 spiro atoms. The molecule has 0 amide bonds. The molecule has 0 unspecified atom stereocenters. The van der Waals surface area contributed by atoms with Crippen LogP contribution in [0.5, 0.6) is 0 Å². The number of nitrogens with one attached hydrogen (secondary N) is 1. The summed E-state index contributed by atoms with van der Waals surface area (Å²) in [6, 6.07) is 8.28. The van der Waals surface area contributed by atoms with Gasteiger partial charge in [0.05, 0.1) is 0 Å². The van der Waals surface area contributed by atoms with Crippen LogP contribution >= 0.6 is 0 Å². The average molecular weight is 283 g/mol. The van der Waals surface area contributed by atoms with Crippen LogP contribution in [0.1, 0.15) is 35.9 Å². The molecule has 0 aliphatic heterocycles. The Morgan fingerprint density at radius 2 is 1.62 bits per heavy atom. The third kappa shape index (κ3) is 3.88. The molecule has 2 aromatic rings. The van der Waals surface area contributed by atoms with E-state index < -0.39 is 0 Å². The van der Waals surface area contributed by atoms with Crippen LogP contribution in [-0.2, 0) is 6.42 Å². The fourth-order valence-electron chi connectivity index (χ4n) is 2.56.